The summed E-state index contributed by atoms with van der Waals surface area (Å²) >= 11 is 0. The predicted octanol–water partition coefficient (Wildman–Crippen LogP) is 2.04. The van der Waals surface area contributed by atoms with Crippen LogP contribution in [0.3, 0.4) is 0 Å². The van der Waals surface area contributed by atoms with E-state index < -0.39 is 0 Å². The SMILES string of the molecule is C=C(C)CC(NCC)c1nccn1C. The van der Waals surface area contributed by atoms with Gasteiger partial charge in [-0.2, -0.15) is 0 Å². The highest BCUT2D eigenvalue weighted by molar-refractivity contribution is 5.04. The Labute approximate surface area is 85.8 Å². The zero-order valence-electron chi connectivity index (χ0n) is 9.25. The lowest BCUT2D eigenvalue weighted by atomic mass is 10.1. The summed E-state index contributed by atoms with van der Waals surface area (Å²) in [4.78, 5) is 4.35. The van der Waals surface area contributed by atoms with E-state index in [-0.39, 0.29) is 6.04 Å². The van der Waals surface area contributed by atoms with Crippen LogP contribution in [0.2, 0.25) is 0 Å². The number of hydrogen-bond donors (Lipinski definition) is 1. The standard InChI is InChI=1S/C11H19N3/c1-5-12-10(8-9(2)3)11-13-6-7-14(11)4/h6-7,10,12H,2,5,8H2,1,3-4H3. The summed E-state index contributed by atoms with van der Waals surface area (Å²) in [6.07, 6.45) is 4.74. The summed E-state index contributed by atoms with van der Waals surface area (Å²) < 4.78 is 2.05. The highest BCUT2D eigenvalue weighted by Crippen LogP contribution is 2.17. The molecule has 0 fully saturated rings. The van der Waals surface area contributed by atoms with Crippen molar-refractivity contribution in [1.29, 1.82) is 0 Å². The molecule has 0 radical (unpaired) electrons. The third-order valence-electron chi connectivity index (χ3n) is 2.17. The van der Waals surface area contributed by atoms with Gasteiger partial charge in [-0.3, -0.25) is 0 Å². The zero-order valence-corrected chi connectivity index (χ0v) is 9.25. The van der Waals surface area contributed by atoms with Crippen molar-refractivity contribution in [3.8, 4) is 0 Å². The van der Waals surface area contributed by atoms with Gasteiger partial charge in [0.1, 0.15) is 5.82 Å². The van der Waals surface area contributed by atoms with E-state index in [0.29, 0.717) is 0 Å². The van der Waals surface area contributed by atoms with E-state index in [0.717, 1.165) is 18.8 Å². The molecule has 0 saturated heterocycles. The molecule has 0 amide bonds. The van der Waals surface area contributed by atoms with E-state index in [2.05, 4.69) is 28.4 Å². The molecule has 0 aromatic carbocycles. The van der Waals surface area contributed by atoms with Crippen molar-refractivity contribution in [2.45, 2.75) is 26.3 Å². The van der Waals surface area contributed by atoms with Gasteiger partial charge in [0.2, 0.25) is 0 Å². The average Bonchev–Trinajstić information content (AvgIpc) is 2.50. The molecule has 1 unspecified atom stereocenters. The molecule has 1 rings (SSSR count). The van der Waals surface area contributed by atoms with Crippen LogP contribution in [0.25, 0.3) is 0 Å². The smallest absolute Gasteiger partial charge is 0.125 e. The Morgan fingerprint density at radius 3 is 2.86 bits per heavy atom. The molecular weight excluding hydrogens is 174 g/mol. The van der Waals surface area contributed by atoms with Crippen molar-refractivity contribution in [1.82, 2.24) is 14.9 Å². The van der Waals surface area contributed by atoms with E-state index in [4.69, 9.17) is 0 Å². The fourth-order valence-corrected chi connectivity index (χ4v) is 1.56. The summed E-state index contributed by atoms with van der Waals surface area (Å²) in [5, 5.41) is 3.41. The van der Waals surface area contributed by atoms with Gasteiger partial charge in [0.05, 0.1) is 6.04 Å². The second kappa shape index (κ2) is 4.96. The number of aryl methyl sites for hydroxylation is 1. The zero-order chi connectivity index (χ0) is 10.6. The number of imidazole rings is 1. The van der Waals surface area contributed by atoms with E-state index in [1.165, 1.54) is 5.57 Å². The van der Waals surface area contributed by atoms with Gasteiger partial charge in [-0.25, -0.2) is 4.98 Å². The highest BCUT2D eigenvalue weighted by Gasteiger charge is 2.14. The molecule has 14 heavy (non-hydrogen) atoms. The molecule has 78 valence electrons. The number of nitrogens with one attached hydrogen (secondary N) is 1. The van der Waals surface area contributed by atoms with Crippen LogP contribution in [-0.2, 0) is 7.05 Å². The molecule has 0 saturated carbocycles. The maximum Gasteiger partial charge on any atom is 0.125 e. The van der Waals surface area contributed by atoms with Crippen molar-refractivity contribution >= 4 is 0 Å². The summed E-state index contributed by atoms with van der Waals surface area (Å²) in [7, 11) is 2.02. The topological polar surface area (TPSA) is 29.9 Å². The predicted molar refractivity (Wildman–Crippen MR) is 59.1 cm³/mol. The van der Waals surface area contributed by atoms with Crippen LogP contribution in [-0.4, -0.2) is 16.1 Å². The normalized spacial score (nSPS) is 12.8. The van der Waals surface area contributed by atoms with Gasteiger partial charge >= 0.3 is 0 Å². The molecule has 1 heterocycles. The fraction of sp³-hybridized carbons (Fsp3) is 0.545. The third kappa shape index (κ3) is 2.70. The highest BCUT2D eigenvalue weighted by atomic mass is 15.1. The minimum atomic E-state index is 0.289. The molecule has 3 heteroatoms. The summed E-state index contributed by atoms with van der Waals surface area (Å²) in [5.41, 5.74) is 1.18. The summed E-state index contributed by atoms with van der Waals surface area (Å²) in [6.45, 7) is 9.04. The summed E-state index contributed by atoms with van der Waals surface area (Å²) in [6, 6.07) is 0.289. The van der Waals surface area contributed by atoms with Crippen molar-refractivity contribution in [2.24, 2.45) is 7.05 Å². The van der Waals surface area contributed by atoms with Crippen LogP contribution in [0.15, 0.2) is 24.5 Å². The van der Waals surface area contributed by atoms with Crippen molar-refractivity contribution in [3.05, 3.63) is 30.4 Å². The Balaban J connectivity index is 2.77. The molecule has 0 aliphatic carbocycles. The van der Waals surface area contributed by atoms with Crippen molar-refractivity contribution in [2.75, 3.05) is 6.54 Å². The van der Waals surface area contributed by atoms with Crippen molar-refractivity contribution < 1.29 is 0 Å². The maximum absolute atomic E-state index is 4.35. The van der Waals surface area contributed by atoms with Crippen LogP contribution >= 0.6 is 0 Å². The first-order chi connectivity index (χ1) is 6.65. The third-order valence-corrected chi connectivity index (χ3v) is 2.17. The van der Waals surface area contributed by atoms with Crippen LogP contribution in [0, 0.1) is 0 Å². The van der Waals surface area contributed by atoms with Gasteiger partial charge in [0.15, 0.2) is 0 Å². The Hall–Kier alpha value is -1.09. The van der Waals surface area contributed by atoms with E-state index in [9.17, 15) is 0 Å². The number of nitrogens with zero attached hydrogens (tertiary/aromatic N) is 2. The number of aromatic nitrogens is 2. The van der Waals surface area contributed by atoms with Crippen LogP contribution in [0.4, 0.5) is 0 Å². The van der Waals surface area contributed by atoms with Gasteiger partial charge in [-0.05, 0) is 19.9 Å². The first-order valence-electron chi connectivity index (χ1n) is 5.00. The second-order valence-electron chi connectivity index (χ2n) is 3.67. The maximum atomic E-state index is 4.35. The quantitative estimate of drug-likeness (QED) is 0.725. The molecule has 3 nitrogen and oxygen atoms in total. The van der Waals surface area contributed by atoms with Crippen molar-refractivity contribution in [3.63, 3.8) is 0 Å². The summed E-state index contributed by atoms with van der Waals surface area (Å²) in [5.74, 6) is 1.08. The molecular formula is C11H19N3. The molecule has 0 bridgehead atoms. The van der Waals surface area contributed by atoms with Gasteiger partial charge in [-0.15, -0.1) is 6.58 Å². The molecule has 0 aliphatic heterocycles. The Kier molecular flexibility index (Phi) is 3.89. The van der Waals surface area contributed by atoms with Crippen LogP contribution < -0.4 is 5.32 Å². The average molecular weight is 193 g/mol. The van der Waals surface area contributed by atoms with E-state index in [1.807, 2.05) is 26.4 Å². The van der Waals surface area contributed by atoms with E-state index in [1.54, 1.807) is 0 Å². The molecule has 1 N–H and O–H groups in total. The van der Waals surface area contributed by atoms with Gasteiger partial charge in [0.25, 0.3) is 0 Å². The first kappa shape index (κ1) is 11.0. The number of hydrogen-bond acceptors (Lipinski definition) is 2. The Morgan fingerprint density at radius 2 is 2.43 bits per heavy atom. The molecule has 1 aromatic heterocycles. The van der Waals surface area contributed by atoms with Crippen LogP contribution in [0.1, 0.15) is 32.1 Å². The molecule has 0 aliphatic rings. The molecule has 1 atom stereocenters. The Morgan fingerprint density at radius 1 is 1.71 bits per heavy atom. The van der Waals surface area contributed by atoms with E-state index >= 15 is 0 Å². The lowest BCUT2D eigenvalue weighted by molar-refractivity contribution is 0.505. The van der Waals surface area contributed by atoms with Crippen LogP contribution in [0.5, 0.6) is 0 Å². The molecule has 1 aromatic rings. The second-order valence-corrected chi connectivity index (χ2v) is 3.67. The number of rotatable bonds is 5. The first-order valence-corrected chi connectivity index (χ1v) is 5.00. The minimum absolute atomic E-state index is 0.289. The molecule has 0 spiro atoms. The minimum Gasteiger partial charge on any atom is -0.337 e. The van der Waals surface area contributed by atoms with Gasteiger partial charge < -0.3 is 9.88 Å². The lowest BCUT2D eigenvalue weighted by Crippen LogP contribution is -2.23. The fourth-order valence-electron chi connectivity index (χ4n) is 1.56. The van der Waals surface area contributed by atoms with Gasteiger partial charge in [-0.1, -0.05) is 12.5 Å². The largest absolute Gasteiger partial charge is 0.337 e. The monoisotopic (exact) mass is 193 g/mol. The Bertz CT molecular complexity index is 301. The lowest BCUT2D eigenvalue weighted by Gasteiger charge is -2.17. The van der Waals surface area contributed by atoms with Gasteiger partial charge in [0, 0.05) is 19.4 Å².